The molecule has 2 saturated heterocycles. The van der Waals surface area contributed by atoms with E-state index in [0.29, 0.717) is 11.8 Å². The molecule has 0 saturated carbocycles. The van der Waals surface area contributed by atoms with Gasteiger partial charge in [-0.2, -0.15) is 11.8 Å². The molecule has 74 valence electrons. The van der Waals surface area contributed by atoms with E-state index in [9.17, 15) is 4.79 Å². The highest BCUT2D eigenvalue weighted by molar-refractivity contribution is 7.99. The highest BCUT2D eigenvalue weighted by Gasteiger charge is 2.42. The third-order valence-electron chi connectivity index (χ3n) is 3.06. The number of carbonyl (C=O) groups is 1. The first-order chi connectivity index (χ1) is 6.18. The number of carboxylic acid groups (broad SMARTS) is 1. The van der Waals surface area contributed by atoms with Gasteiger partial charge in [0.2, 0.25) is 0 Å². The minimum atomic E-state index is -0.580. The van der Waals surface area contributed by atoms with E-state index in [1.54, 1.807) is 0 Å². The second-order valence-corrected chi connectivity index (χ2v) is 5.22. The lowest BCUT2D eigenvalue weighted by molar-refractivity contribution is -0.147. The van der Waals surface area contributed by atoms with Crippen molar-refractivity contribution in [3.05, 3.63) is 0 Å². The molecule has 2 aliphatic rings. The normalized spacial score (nSPS) is 40.2. The van der Waals surface area contributed by atoms with Gasteiger partial charge in [0, 0.05) is 13.1 Å². The van der Waals surface area contributed by atoms with Crippen LogP contribution < -0.4 is 0 Å². The monoisotopic (exact) mass is 201 g/mol. The zero-order valence-corrected chi connectivity index (χ0v) is 8.59. The molecule has 1 N–H and O–H groups in total. The fraction of sp³-hybridized carbons (Fsp3) is 0.889. The Morgan fingerprint density at radius 2 is 1.92 bits per heavy atom. The molecule has 2 aliphatic heterocycles. The molecule has 0 amide bonds. The second kappa shape index (κ2) is 3.50. The molecule has 2 heterocycles. The zero-order chi connectivity index (χ0) is 9.42. The third kappa shape index (κ3) is 1.70. The average molecular weight is 201 g/mol. The van der Waals surface area contributed by atoms with Gasteiger partial charge in [0.15, 0.2) is 0 Å². The summed E-state index contributed by atoms with van der Waals surface area (Å²) < 4.78 is 0. The van der Waals surface area contributed by atoms with Crippen LogP contribution >= 0.6 is 11.8 Å². The molecular formula is C9H15NO2S. The predicted octanol–water partition coefficient (Wildman–Crippen LogP) is 0.612. The maximum atomic E-state index is 11.0. The summed E-state index contributed by atoms with van der Waals surface area (Å²) in [6.45, 7) is 1.92. The van der Waals surface area contributed by atoms with E-state index in [-0.39, 0.29) is 5.92 Å². The summed E-state index contributed by atoms with van der Waals surface area (Å²) in [6, 6.07) is 0. The third-order valence-corrected chi connectivity index (χ3v) is 4.38. The SMILES string of the molecule is CN1CC2CSCC(C1)C2C(=O)O. The fourth-order valence-electron chi connectivity index (χ4n) is 2.57. The summed E-state index contributed by atoms with van der Waals surface area (Å²) >= 11 is 1.92. The van der Waals surface area contributed by atoms with Crippen LogP contribution in [0.3, 0.4) is 0 Å². The van der Waals surface area contributed by atoms with Crippen molar-refractivity contribution < 1.29 is 9.90 Å². The van der Waals surface area contributed by atoms with Gasteiger partial charge >= 0.3 is 5.97 Å². The van der Waals surface area contributed by atoms with Crippen LogP contribution in [-0.4, -0.2) is 47.6 Å². The van der Waals surface area contributed by atoms with Gasteiger partial charge < -0.3 is 10.0 Å². The van der Waals surface area contributed by atoms with Gasteiger partial charge in [0.1, 0.15) is 0 Å². The van der Waals surface area contributed by atoms with Crippen molar-refractivity contribution in [3.8, 4) is 0 Å². The highest BCUT2D eigenvalue weighted by Crippen LogP contribution is 2.37. The number of piperidine rings is 1. The Labute approximate surface area is 82.5 Å². The number of aliphatic carboxylic acids is 1. The summed E-state index contributed by atoms with van der Waals surface area (Å²) in [5.41, 5.74) is 0. The minimum Gasteiger partial charge on any atom is -0.481 e. The van der Waals surface area contributed by atoms with Crippen molar-refractivity contribution in [3.63, 3.8) is 0 Å². The van der Waals surface area contributed by atoms with E-state index < -0.39 is 5.97 Å². The Morgan fingerprint density at radius 3 is 2.38 bits per heavy atom. The zero-order valence-electron chi connectivity index (χ0n) is 7.77. The van der Waals surface area contributed by atoms with E-state index in [1.807, 2.05) is 11.8 Å². The van der Waals surface area contributed by atoms with Gasteiger partial charge in [0.05, 0.1) is 5.92 Å². The Balaban J connectivity index is 2.14. The van der Waals surface area contributed by atoms with E-state index in [1.165, 1.54) is 0 Å². The van der Waals surface area contributed by atoms with Crippen molar-refractivity contribution >= 4 is 17.7 Å². The number of carboxylic acids is 1. The maximum Gasteiger partial charge on any atom is 0.307 e. The maximum absolute atomic E-state index is 11.0. The first-order valence-electron chi connectivity index (χ1n) is 4.67. The molecule has 2 bridgehead atoms. The Bertz CT molecular complexity index is 208. The van der Waals surface area contributed by atoms with Crippen LogP contribution in [0.4, 0.5) is 0 Å². The molecule has 4 heteroatoms. The van der Waals surface area contributed by atoms with Gasteiger partial charge in [-0.3, -0.25) is 4.79 Å². The lowest BCUT2D eigenvalue weighted by Gasteiger charge is -2.43. The van der Waals surface area contributed by atoms with Gasteiger partial charge in [-0.1, -0.05) is 0 Å². The molecule has 0 aliphatic carbocycles. The summed E-state index contributed by atoms with van der Waals surface area (Å²) in [5.74, 6) is 2.15. The molecular weight excluding hydrogens is 186 g/mol. The summed E-state index contributed by atoms with van der Waals surface area (Å²) in [4.78, 5) is 13.3. The van der Waals surface area contributed by atoms with Gasteiger partial charge in [-0.25, -0.2) is 0 Å². The number of hydrogen-bond donors (Lipinski definition) is 1. The summed E-state index contributed by atoms with van der Waals surface area (Å²) in [5, 5.41) is 9.10. The highest BCUT2D eigenvalue weighted by atomic mass is 32.2. The molecule has 2 rings (SSSR count). The van der Waals surface area contributed by atoms with Crippen LogP contribution in [0, 0.1) is 17.8 Å². The van der Waals surface area contributed by atoms with Crippen molar-refractivity contribution in [2.45, 2.75) is 0 Å². The van der Waals surface area contributed by atoms with E-state index in [4.69, 9.17) is 5.11 Å². The topological polar surface area (TPSA) is 40.5 Å². The van der Waals surface area contributed by atoms with Crippen molar-refractivity contribution in [1.29, 1.82) is 0 Å². The van der Waals surface area contributed by atoms with E-state index in [0.717, 1.165) is 24.6 Å². The Kier molecular flexibility index (Phi) is 2.51. The first kappa shape index (κ1) is 9.34. The van der Waals surface area contributed by atoms with E-state index in [2.05, 4.69) is 11.9 Å². The average Bonchev–Trinajstić information content (AvgIpc) is 2.01. The molecule has 0 aromatic rings. The van der Waals surface area contributed by atoms with Gasteiger partial charge in [-0.15, -0.1) is 0 Å². The van der Waals surface area contributed by atoms with Crippen molar-refractivity contribution in [2.24, 2.45) is 17.8 Å². The van der Waals surface area contributed by atoms with Crippen LogP contribution in [0.15, 0.2) is 0 Å². The number of fused-ring (bicyclic) bond motifs is 2. The smallest absolute Gasteiger partial charge is 0.307 e. The van der Waals surface area contributed by atoms with Crippen molar-refractivity contribution in [1.82, 2.24) is 4.90 Å². The van der Waals surface area contributed by atoms with E-state index >= 15 is 0 Å². The molecule has 2 atom stereocenters. The largest absolute Gasteiger partial charge is 0.481 e. The summed E-state index contributed by atoms with van der Waals surface area (Å²) in [7, 11) is 2.09. The Morgan fingerprint density at radius 1 is 1.38 bits per heavy atom. The van der Waals surface area contributed by atoms with Crippen LogP contribution in [-0.2, 0) is 4.79 Å². The van der Waals surface area contributed by atoms with Crippen molar-refractivity contribution in [2.75, 3.05) is 31.6 Å². The summed E-state index contributed by atoms with van der Waals surface area (Å²) in [6.07, 6.45) is 0. The number of thioether (sulfide) groups is 1. The number of rotatable bonds is 1. The molecule has 13 heavy (non-hydrogen) atoms. The fourth-order valence-corrected chi connectivity index (χ4v) is 3.94. The van der Waals surface area contributed by atoms with Crippen LogP contribution in [0.5, 0.6) is 0 Å². The van der Waals surface area contributed by atoms with Crippen LogP contribution in [0.25, 0.3) is 0 Å². The number of hydrogen-bond acceptors (Lipinski definition) is 3. The standard InChI is InChI=1S/C9H15NO2S/c1-10-2-6-4-13-5-7(3-10)8(6)9(11)12/h6-8H,2-5H2,1H3,(H,11,12). The first-order valence-corrected chi connectivity index (χ1v) is 5.83. The van der Waals surface area contributed by atoms with Gasteiger partial charge in [-0.05, 0) is 30.4 Å². The molecule has 0 aromatic heterocycles. The molecule has 0 spiro atoms. The minimum absolute atomic E-state index is 0.0718. The molecule has 0 aromatic carbocycles. The van der Waals surface area contributed by atoms with Crippen LogP contribution in [0.2, 0.25) is 0 Å². The lowest BCUT2D eigenvalue weighted by atomic mass is 9.79. The quantitative estimate of drug-likeness (QED) is 0.675. The molecule has 3 nitrogen and oxygen atoms in total. The molecule has 2 fully saturated rings. The molecule has 2 unspecified atom stereocenters. The lowest BCUT2D eigenvalue weighted by Crippen LogP contribution is -2.51. The van der Waals surface area contributed by atoms with Crippen LogP contribution in [0.1, 0.15) is 0 Å². The predicted molar refractivity (Wildman–Crippen MR) is 52.9 cm³/mol. The Hall–Kier alpha value is -0.220. The van der Waals surface area contributed by atoms with Gasteiger partial charge in [0.25, 0.3) is 0 Å². The molecule has 0 radical (unpaired) electrons. The number of likely N-dealkylation sites (tertiary alicyclic amines) is 1. The number of nitrogens with zero attached hydrogens (tertiary/aromatic N) is 1. The second-order valence-electron chi connectivity index (χ2n) is 4.14.